The highest BCUT2D eigenvalue weighted by Gasteiger charge is 2.65. The third-order valence-electron chi connectivity index (χ3n) is 7.66. The molecule has 2 aliphatic carbocycles. The zero-order chi connectivity index (χ0) is 21.8. The molecule has 166 valence electrons. The lowest BCUT2D eigenvalue weighted by Gasteiger charge is -2.36. The first-order valence-corrected chi connectivity index (χ1v) is 13.7. The number of carbonyl (C=O) groups is 1. The van der Waals surface area contributed by atoms with E-state index in [1.165, 1.54) is 28.6 Å². The molecule has 2 bridgehead atoms. The maximum atomic E-state index is 12.9. The van der Waals surface area contributed by atoms with E-state index >= 15 is 0 Å². The molecule has 0 spiro atoms. The van der Waals surface area contributed by atoms with E-state index in [2.05, 4.69) is 4.72 Å². The number of fused-ring (bicyclic) bond motifs is 2. The molecule has 3 aliphatic rings. The van der Waals surface area contributed by atoms with E-state index < -0.39 is 25.5 Å². The smallest absolute Gasteiger partial charge is 0.243 e. The van der Waals surface area contributed by atoms with E-state index in [0.29, 0.717) is 31.6 Å². The molecule has 2 saturated carbocycles. The van der Waals surface area contributed by atoms with E-state index in [9.17, 15) is 21.6 Å². The number of anilines is 1. The summed E-state index contributed by atoms with van der Waals surface area (Å²) in [4.78, 5) is 12.8. The lowest BCUT2D eigenvalue weighted by atomic mass is 9.70. The fourth-order valence-electron chi connectivity index (χ4n) is 5.60. The van der Waals surface area contributed by atoms with Crippen LogP contribution in [0.3, 0.4) is 0 Å². The molecule has 2 atom stereocenters. The van der Waals surface area contributed by atoms with Crippen LogP contribution in [-0.2, 0) is 24.8 Å². The largest absolute Gasteiger partial charge is 0.299 e. The van der Waals surface area contributed by atoms with E-state index in [1.54, 1.807) is 0 Å². The summed E-state index contributed by atoms with van der Waals surface area (Å²) in [5, 5.41) is 0. The lowest BCUT2D eigenvalue weighted by Crippen LogP contribution is -2.43. The van der Waals surface area contributed by atoms with Crippen LogP contribution < -0.4 is 4.72 Å². The SMILES string of the molecule is CC1(C)[C@@H]2CC[C@@]1(CS(=O)(=O)Nc1ccc(S(=O)(=O)N3CCCCC3)cc1)C(=O)C2. The number of hydrogen-bond acceptors (Lipinski definition) is 5. The number of carbonyl (C=O) groups excluding carboxylic acids is 1. The van der Waals surface area contributed by atoms with E-state index in [0.717, 1.165) is 25.7 Å². The van der Waals surface area contributed by atoms with Gasteiger partial charge < -0.3 is 0 Å². The van der Waals surface area contributed by atoms with Crippen LogP contribution in [-0.4, -0.2) is 45.8 Å². The average molecular weight is 455 g/mol. The summed E-state index contributed by atoms with van der Waals surface area (Å²) >= 11 is 0. The molecule has 4 rings (SSSR count). The molecule has 0 aromatic heterocycles. The summed E-state index contributed by atoms with van der Waals surface area (Å²) in [6.07, 6.45) is 4.71. The molecule has 0 radical (unpaired) electrons. The summed E-state index contributed by atoms with van der Waals surface area (Å²) in [7, 11) is -7.33. The van der Waals surface area contributed by atoms with Gasteiger partial charge in [0, 0.05) is 25.2 Å². The molecular formula is C21H30N2O5S2. The van der Waals surface area contributed by atoms with Gasteiger partial charge in [-0.2, -0.15) is 4.31 Å². The Bertz CT molecular complexity index is 1040. The number of ketones is 1. The van der Waals surface area contributed by atoms with Crippen molar-refractivity contribution in [3.8, 4) is 0 Å². The average Bonchev–Trinajstić information content (AvgIpc) is 3.02. The maximum Gasteiger partial charge on any atom is 0.243 e. The normalized spacial score (nSPS) is 29.3. The molecular weight excluding hydrogens is 424 g/mol. The van der Waals surface area contributed by atoms with Gasteiger partial charge in [-0.25, -0.2) is 16.8 Å². The second-order valence-corrected chi connectivity index (χ2v) is 13.2. The Balaban J connectivity index is 1.50. The van der Waals surface area contributed by atoms with Gasteiger partial charge in [-0.1, -0.05) is 20.3 Å². The van der Waals surface area contributed by atoms with Gasteiger partial charge in [-0.3, -0.25) is 9.52 Å². The Morgan fingerprint density at radius 3 is 2.20 bits per heavy atom. The minimum absolute atomic E-state index is 0.0529. The number of nitrogens with one attached hydrogen (secondary N) is 1. The van der Waals surface area contributed by atoms with Crippen LogP contribution in [0.2, 0.25) is 0 Å². The van der Waals surface area contributed by atoms with Crippen LogP contribution in [0.25, 0.3) is 0 Å². The van der Waals surface area contributed by atoms with E-state index in [1.807, 2.05) is 13.8 Å². The van der Waals surface area contributed by atoms with Crippen LogP contribution in [0.4, 0.5) is 5.69 Å². The van der Waals surface area contributed by atoms with Crippen molar-refractivity contribution >= 4 is 31.5 Å². The predicted octanol–water partition coefficient (Wildman–Crippen LogP) is 3.00. The molecule has 1 aromatic carbocycles. The van der Waals surface area contributed by atoms with Crippen LogP contribution in [0.15, 0.2) is 29.2 Å². The van der Waals surface area contributed by atoms with Crippen molar-refractivity contribution in [2.75, 3.05) is 23.6 Å². The van der Waals surface area contributed by atoms with Crippen LogP contribution in [0.1, 0.15) is 52.4 Å². The third-order valence-corrected chi connectivity index (χ3v) is 11.0. The number of benzene rings is 1. The van der Waals surface area contributed by atoms with Gasteiger partial charge in [-0.15, -0.1) is 0 Å². The molecule has 3 fully saturated rings. The third kappa shape index (κ3) is 3.48. The molecule has 1 aliphatic heterocycles. The van der Waals surface area contributed by atoms with Gasteiger partial charge in [0.05, 0.1) is 16.1 Å². The van der Waals surface area contributed by atoms with Crippen LogP contribution in [0.5, 0.6) is 0 Å². The van der Waals surface area contributed by atoms with Crippen LogP contribution in [0, 0.1) is 16.7 Å². The minimum Gasteiger partial charge on any atom is -0.299 e. The molecule has 0 amide bonds. The monoisotopic (exact) mass is 454 g/mol. The summed E-state index contributed by atoms with van der Waals surface area (Å²) in [6.45, 7) is 5.05. The summed E-state index contributed by atoms with van der Waals surface area (Å²) in [6, 6.07) is 5.84. The maximum absolute atomic E-state index is 12.9. The number of rotatable bonds is 6. The Morgan fingerprint density at radius 2 is 1.67 bits per heavy atom. The first kappa shape index (κ1) is 21.8. The fraction of sp³-hybridized carbons (Fsp3) is 0.667. The van der Waals surface area contributed by atoms with Crippen molar-refractivity contribution in [1.29, 1.82) is 0 Å². The quantitative estimate of drug-likeness (QED) is 0.712. The lowest BCUT2D eigenvalue weighted by molar-refractivity contribution is -0.128. The van der Waals surface area contributed by atoms with Gasteiger partial charge in [0.15, 0.2) is 0 Å². The van der Waals surface area contributed by atoms with Crippen molar-refractivity contribution in [2.24, 2.45) is 16.7 Å². The minimum atomic E-state index is -3.77. The predicted molar refractivity (Wildman–Crippen MR) is 115 cm³/mol. The Morgan fingerprint density at radius 1 is 1.03 bits per heavy atom. The number of hydrogen-bond donors (Lipinski definition) is 1. The Kier molecular flexibility index (Phi) is 5.30. The molecule has 0 unspecified atom stereocenters. The summed E-state index contributed by atoms with van der Waals surface area (Å²) < 4.78 is 55.4. The second-order valence-electron chi connectivity index (χ2n) is 9.52. The summed E-state index contributed by atoms with van der Waals surface area (Å²) in [5.41, 5.74) is -0.853. The van der Waals surface area contributed by atoms with Crippen molar-refractivity contribution in [2.45, 2.75) is 57.3 Å². The zero-order valence-electron chi connectivity index (χ0n) is 17.6. The van der Waals surface area contributed by atoms with Gasteiger partial charge in [0.25, 0.3) is 0 Å². The number of piperidine rings is 1. The first-order valence-electron chi connectivity index (χ1n) is 10.6. The molecule has 1 N–H and O–H groups in total. The number of sulfonamides is 2. The standard InChI is InChI=1S/C21H30N2O5S2/c1-20(2)16-10-11-21(20,19(24)14-16)15-29(25,26)22-17-6-8-18(9-7-17)30(27,28)23-12-4-3-5-13-23/h6-9,16,22H,3-5,10-15H2,1-2H3/t16-,21-/m1/s1. The van der Waals surface area contributed by atoms with E-state index in [-0.39, 0.29) is 27.8 Å². The number of nitrogens with zero attached hydrogens (tertiary/aromatic N) is 1. The fourth-order valence-corrected chi connectivity index (χ4v) is 9.01. The van der Waals surface area contributed by atoms with Crippen molar-refractivity contribution in [1.82, 2.24) is 4.31 Å². The topological polar surface area (TPSA) is 101 Å². The van der Waals surface area contributed by atoms with Gasteiger partial charge in [-0.05, 0) is 61.3 Å². The number of Topliss-reactive ketones (excluding diaryl/α,β-unsaturated/α-hetero) is 1. The Labute approximate surface area is 179 Å². The van der Waals surface area contributed by atoms with Gasteiger partial charge >= 0.3 is 0 Å². The second kappa shape index (κ2) is 7.31. The molecule has 1 saturated heterocycles. The molecule has 9 heteroatoms. The zero-order valence-corrected chi connectivity index (χ0v) is 19.2. The highest BCUT2D eigenvalue weighted by atomic mass is 32.2. The highest BCUT2D eigenvalue weighted by molar-refractivity contribution is 7.92. The van der Waals surface area contributed by atoms with Crippen molar-refractivity contribution in [3.05, 3.63) is 24.3 Å². The van der Waals surface area contributed by atoms with Crippen molar-refractivity contribution in [3.63, 3.8) is 0 Å². The van der Waals surface area contributed by atoms with Crippen LogP contribution >= 0.6 is 0 Å². The Hall–Kier alpha value is -1.45. The van der Waals surface area contributed by atoms with Gasteiger partial charge in [0.2, 0.25) is 20.0 Å². The van der Waals surface area contributed by atoms with Gasteiger partial charge in [0.1, 0.15) is 5.78 Å². The molecule has 1 heterocycles. The van der Waals surface area contributed by atoms with E-state index in [4.69, 9.17) is 0 Å². The molecule has 7 nitrogen and oxygen atoms in total. The molecule has 1 aromatic rings. The first-order chi connectivity index (χ1) is 14.0. The van der Waals surface area contributed by atoms with Crippen molar-refractivity contribution < 1.29 is 21.6 Å². The summed E-state index contributed by atoms with van der Waals surface area (Å²) in [5.74, 6) is 0.0764. The highest BCUT2D eigenvalue weighted by Crippen LogP contribution is 2.64. The molecule has 30 heavy (non-hydrogen) atoms.